The lowest BCUT2D eigenvalue weighted by Crippen LogP contribution is -2.50. The Morgan fingerprint density at radius 3 is 2.53 bits per heavy atom. The molecule has 1 aromatic rings. The van der Waals surface area contributed by atoms with E-state index in [1.54, 1.807) is 6.07 Å². The molecule has 6 heteroatoms. The number of alkyl halides is 3. The van der Waals surface area contributed by atoms with Gasteiger partial charge in [0.1, 0.15) is 0 Å². The van der Waals surface area contributed by atoms with Crippen LogP contribution in [0.2, 0.25) is 5.02 Å². The van der Waals surface area contributed by atoms with E-state index in [1.807, 2.05) is 18.9 Å². The minimum atomic E-state index is -4.41. The summed E-state index contributed by atoms with van der Waals surface area (Å²) < 4.78 is 38.5. The van der Waals surface area contributed by atoms with Crippen LogP contribution in [0.1, 0.15) is 12.5 Å². The van der Waals surface area contributed by atoms with E-state index in [1.165, 1.54) is 6.07 Å². The molecule has 1 fully saturated rings. The molecule has 1 heterocycles. The van der Waals surface area contributed by atoms with E-state index in [0.29, 0.717) is 5.69 Å². The lowest BCUT2D eigenvalue weighted by molar-refractivity contribution is -0.137. The Balaban J connectivity index is 2.31. The molecule has 19 heavy (non-hydrogen) atoms. The van der Waals surface area contributed by atoms with Gasteiger partial charge in [-0.05, 0) is 32.2 Å². The van der Waals surface area contributed by atoms with E-state index in [0.717, 1.165) is 25.7 Å². The third-order valence-electron chi connectivity index (χ3n) is 3.42. The van der Waals surface area contributed by atoms with Gasteiger partial charge in [-0.2, -0.15) is 13.2 Å². The van der Waals surface area contributed by atoms with Gasteiger partial charge < -0.3 is 9.80 Å². The predicted molar refractivity (Wildman–Crippen MR) is 70.8 cm³/mol. The van der Waals surface area contributed by atoms with E-state index >= 15 is 0 Å². The molecule has 2 nitrogen and oxygen atoms in total. The fourth-order valence-electron chi connectivity index (χ4n) is 2.43. The highest BCUT2D eigenvalue weighted by atomic mass is 35.5. The monoisotopic (exact) mass is 292 g/mol. The first-order valence-corrected chi connectivity index (χ1v) is 6.49. The smallest absolute Gasteiger partial charge is 0.366 e. The largest absolute Gasteiger partial charge is 0.417 e. The molecule has 1 aliphatic heterocycles. The van der Waals surface area contributed by atoms with Crippen LogP contribution in [0.15, 0.2) is 18.2 Å². The summed E-state index contributed by atoms with van der Waals surface area (Å²) in [5.74, 6) is 0. The Morgan fingerprint density at radius 1 is 1.26 bits per heavy atom. The summed E-state index contributed by atoms with van der Waals surface area (Å²) >= 11 is 5.63. The summed E-state index contributed by atoms with van der Waals surface area (Å²) in [5.41, 5.74) is -0.185. The van der Waals surface area contributed by atoms with E-state index in [4.69, 9.17) is 11.6 Å². The Morgan fingerprint density at radius 2 is 1.95 bits per heavy atom. The van der Waals surface area contributed by atoms with Crippen LogP contribution in [-0.4, -0.2) is 37.6 Å². The molecule has 0 aliphatic carbocycles. The van der Waals surface area contributed by atoms with Gasteiger partial charge in [0, 0.05) is 31.4 Å². The van der Waals surface area contributed by atoms with Gasteiger partial charge in [0.2, 0.25) is 0 Å². The van der Waals surface area contributed by atoms with Gasteiger partial charge >= 0.3 is 6.18 Å². The second-order valence-electron chi connectivity index (χ2n) is 4.97. The first-order valence-electron chi connectivity index (χ1n) is 6.11. The molecule has 0 amide bonds. The third-order valence-corrected chi connectivity index (χ3v) is 3.75. The zero-order chi connectivity index (χ0) is 14.2. The fraction of sp³-hybridized carbons (Fsp3) is 0.538. The summed E-state index contributed by atoms with van der Waals surface area (Å²) in [4.78, 5) is 4.16. The number of halogens is 4. The molecule has 0 saturated carbocycles. The minimum Gasteiger partial charge on any atom is -0.366 e. The first-order chi connectivity index (χ1) is 8.79. The van der Waals surface area contributed by atoms with Crippen molar-refractivity contribution in [1.82, 2.24) is 4.90 Å². The van der Waals surface area contributed by atoms with Crippen molar-refractivity contribution in [2.75, 3.05) is 31.6 Å². The van der Waals surface area contributed by atoms with Crippen LogP contribution >= 0.6 is 11.6 Å². The Labute approximate surface area is 115 Å². The van der Waals surface area contributed by atoms with E-state index < -0.39 is 11.7 Å². The summed E-state index contributed by atoms with van der Waals surface area (Å²) in [6.07, 6.45) is -4.41. The number of anilines is 1. The molecule has 1 aliphatic rings. The highest BCUT2D eigenvalue weighted by molar-refractivity contribution is 6.31. The molecule has 0 N–H and O–H groups in total. The number of likely N-dealkylation sites (N-methyl/N-ethyl adjacent to an activating group) is 1. The van der Waals surface area contributed by atoms with E-state index in [9.17, 15) is 13.2 Å². The van der Waals surface area contributed by atoms with Crippen molar-refractivity contribution in [3.63, 3.8) is 0 Å². The highest BCUT2D eigenvalue weighted by Gasteiger charge is 2.34. The second kappa shape index (κ2) is 5.21. The Hall–Kier alpha value is -0.940. The van der Waals surface area contributed by atoms with Crippen LogP contribution < -0.4 is 4.90 Å². The SMILES string of the molecule is C[C@@H]1CN(C)CCN1c1ccc(Cl)c(C(F)(F)F)c1. The van der Waals surface area contributed by atoms with Gasteiger partial charge in [-0.15, -0.1) is 0 Å². The number of nitrogens with zero attached hydrogens (tertiary/aromatic N) is 2. The zero-order valence-corrected chi connectivity index (χ0v) is 11.6. The van der Waals surface area contributed by atoms with Gasteiger partial charge in [-0.3, -0.25) is 0 Å². The first kappa shape index (κ1) is 14.5. The fourth-order valence-corrected chi connectivity index (χ4v) is 2.66. The summed E-state index contributed by atoms with van der Waals surface area (Å²) in [6, 6.07) is 4.30. The molecule has 0 spiro atoms. The molecule has 0 unspecified atom stereocenters. The van der Waals surface area contributed by atoms with Crippen LogP contribution in [0.4, 0.5) is 18.9 Å². The lowest BCUT2D eigenvalue weighted by atomic mass is 10.1. The molecule has 0 bridgehead atoms. The Kier molecular flexibility index (Phi) is 3.97. The number of piperazine rings is 1. The van der Waals surface area contributed by atoms with Gasteiger partial charge in [0.15, 0.2) is 0 Å². The molecule has 2 rings (SSSR count). The van der Waals surface area contributed by atoms with Crippen molar-refractivity contribution in [3.05, 3.63) is 28.8 Å². The second-order valence-corrected chi connectivity index (χ2v) is 5.37. The quantitative estimate of drug-likeness (QED) is 0.782. The summed E-state index contributed by atoms with van der Waals surface area (Å²) in [5, 5.41) is -0.252. The molecule has 0 radical (unpaired) electrons. The summed E-state index contributed by atoms with van der Waals surface area (Å²) in [6.45, 7) is 4.41. The topological polar surface area (TPSA) is 6.48 Å². The van der Waals surface area contributed by atoms with Crippen molar-refractivity contribution in [1.29, 1.82) is 0 Å². The molecule has 1 aromatic carbocycles. The molecule has 106 valence electrons. The van der Waals surface area contributed by atoms with Crippen LogP contribution in [0.3, 0.4) is 0 Å². The number of hydrogen-bond donors (Lipinski definition) is 0. The van der Waals surface area contributed by atoms with Crippen molar-refractivity contribution in [3.8, 4) is 0 Å². The van der Waals surface area contributed by atoms with Gasteiger partial charge in [-0.1, -0.05) is 11.6 Å². The molecule has 0 aromatic heterocycles. The van der Waals surface area contributed by atoms with Crippen molar-refractivity contribution >= 4 is 17.3 Å². The third kappa shape index (κ3) is 3.15. The highest BCUT2D eigenvalue weighted by Crippen LogP contribution is 2.37. The van der Waals surface area contributed by atoms with Gasteiger partial charge in [0.05, 0.1) is 10.6 Å². The minimum absolute atomic E-state index is 0.181. The summed E-state index contributed by atoms with van der Waals surface area (Å²) in [7, 11) is 2.01. The van der Waals surface area contributed by atoms with Gasteiger partial charge in [0.25, 0.3) is 0 Å². The maximum absolute atomic E-state index is 12.8. The van der Waals surface area contributed by atoms with Crippen molar-refractivity contribution < 1.29 is 13.2 Å². The maximum Gasteiger partial charge on any atom is 0.417 e. The predicted octanol–water partition coefficient (Wildman–Crippen LogP) is 3.50. The average molecular weight is 293 g/mol. The molecule has 1 atom stereocenters. The normalized spacial score (nSPS) is 21.8. The lowest BCUT2D eigenvalue weighted by Gasteiger charge is -2.40. The maximum atomic E-state index is 12.8. The van der Waals surface area contributed by atoms with Crippen LogP contribution in [0.25, 0.3) is 0 Å². The average Bonchev–Trinajstić information content (AvgIpc) is 2.29. The van der Waals surface area contributed by atoms with Crippen molar-refractivity contribution in [2.45, 2.75) is 19.1 Å². The van der Waals surface area contributed by atoms with E-state index in [2.05, 4.69) is 4.90 Å². The number of rotatable bonds is 1. The van der Waals surface area contributed by atoms with Crippen LogP contribution in [0.5, 0.6) is 0 Å². The van der Waals surface area contributed by atoms with E-state index in [-0.39, 0.29) is 11.1 Å². The number of hydrogen-bond acceptors (Lipinski definition) is 2. The van der Waals surface area contributed by atoms with Crippen molar-refractivity contribution in [2.24, 2.45) is 0 Å². The molecular formula is C13H16ClF3N2. The standard InChI is InChI=1S/C13H16ClF3N2/c1-9-8-18(2)5-6-19(9)10-3-4-12(14)11(7-10)13(15,16)17/h3-4,7,9H,5-6,8H2,1-2H3/t9-/m1/s1. The zero-order valence-electron chi connectivity index (χ0n) is 10.8. The Bertz CT molecular complexity index is 462. The molecular weight excluding hydrogens is 277 g/mol. The van der Waals surface area contributed by atoms with Crippen LogP contribution in [-0.2, 0) is 6.18 Å². The number of benzene rings is 1. The molecule has 1 saturated heterocycles. The van der Waals surface area contributed by atoms with Gasteiger partial charge in [-0.25, -0.2) is 0 Å². The van der Waals surface area contributed by atoms with Crippen LogP contribution in [0, 0.1) is 0 Å².